The Balaban J connectivity index is 2.59. The molecule has 17 heavy (non-hydrogen) atoms. The molecule has 2 N–H and O–H groups in total. The van der Waals surface area contributed by atoms with Gasteiger partial charge in [-0.2, -0.15) is 0 Å². The Morgan fingerprint density at radius 3 is 2.71 bits per heavy atom. The van der Waals surface area contributed by atoms with Crippen LogP contribution in [0.5, 0.6) is 5.75 Å². The van der Waals surface area contributed by atoms with Crippen molar-refractivity contribution in [1.82, 2.24) is 0 Å². The molecule has 4 heteroatoms. The second kappa shape index (κ2) is 6.45. The van der Waals surface area contributed by atoms with Crippen molar-refractivity contribution in [3.05, 3.63) is 27.8 Å². The van der Waals surface area contributed by atoms with Gasteiger partial charge in [-0.15, -0.1) is 0 Å². The van der Waals surface area contributed by atoms with E-state index in [1.54, 1.807) is 0 Å². The molecule has 0 spiro atoms. The standard InChI is InChI=1S/C13H20O4/c1-3-4-5-6-10(14)7-11-8-12(15)9(2)13(16)17-11/h8,10,14-15H,3-7H2,1-2H3/t10-/m0/s1. The van der Waals surface area contributed by atoms with E-state index in [0.29, 0.717) is 12.2 Å². The molecule has 0 unspecified atom stereocenters. The molecule has 0 fully saturated rings. The highest BCUT2D eigenvalue weighted by Gasteiger charge is 2.11. The Kier molecular flexibility index (Phi) is 5.22. The van der Waals surface area contributed by atoms with E-state index in [4.69, 9.17) is 4.42 Å². The first kappa shape index (κ1) is 13.8. The Bertz CT molecular complexity index is 408. The van der Waals surface area contributed by atoms with Crippen LogP contribution in [0.15, 0.2) is 15.3 Å². The highest BCUT2D eigenvalue weighted by molar-refractivity contribution is 5.28. The molecule has 1 heterocycles. The quantitative estimate of drug-likeness (QED) is 0.747. The maximum absolute atomic E-state index is 11.3. The lowest BCUT2D eigenvalue weighted by Crippen LogP contribution is -2.13. The molecule has 0 saturated heterocycles. The first-order valence-corrected chi connectivity index (χ1v) is 6.05. The van der Waals surface area contributed by atoms with Crippen molar-refractivity contribution >= 4 is 0 Å². The van der Waals surface area contributed by atoms with Crippen LogP contribution >= 0.6 is 0 Å². The lowest BCUT2D eigenvalue weighted by atomic mass is 10.1. The number of hydrogen-bond acceptors (Lipinski definition) is 4. The van der Waals surface area contributed by atoms with Crippen LogP contribution in [0.1, 0.15) is 43.9 Å². The Morgan fingerprint density at radius 2 is 2.12 bits per heavy atom. The summed E-state index contributed by atoms with van der Waals surface area (Å²) in [5, 5.41) is 19.2. The minimum atomic E-state index is -0.541. The molecule has 0 aromatic carbocycles. The van der Waals surface area contributed by atoms with E-state index >= 15 is 0 Å². The Labute approximate surface area is 101 Å². The lowest BCUT2D eigenvalue weighted by molar-refractivity contribution is 0.152. The highest BCUT2D eigenvalue weighted by Crippen LogP contribution is 2.16. The maximum Gasteiger partial charge on any atom is 0.342 e. The van der Waals surface area contributed by atoms with Crippen molar-refractivity contribution in [2.24, 2.45) is 0 Å². The van der Waals surface area contributed by atoms with E-state index in [-0.39, 0.29) is 17.7 Å². The molecule has 0 radical (unpaired) electrons. The van der Waals surface area contributed by atoms with E-state index in [1.807, 2.05) is 0 Å². The van der Waals surface area contributed by atoms with Gasteiger partial charge in [0, 0.05) is 12.5 Å². The average molecular weight is 240 g/mol. The summed E-state index contributed by atoms with van der Waals surface area (Å²) in [5.41, 5.74) is -0.338. The molecule has 0 aliphatic carbocycles. The normalized spacial score (nSPS) is 12.6. The van der Waals surface area contributed by atoms with Gasteiger partial charge in [0.05, 0.1) is 11.7 Å². The SMILES string of the molecule is CCCCC[C@H](O)Cc1cc(O)c(C)c(=O)o1. The summed E-state index contributed by atoms with van der Waals surface area (Å²) in [6, 6.07) is 1.40. The molecule has 1 rings (SSSR count). The van der Waals surface area contributed by atoms with Gasteiger partial charge in [-0.1, -0.05) is 26.2 Å². The van der Waals surface area contributed by atoms with Crippen LogP contribution in [-0.4, -0.2) is 16.3 Å². The van der Waals surface area contributed by atoms with Gasteiger partial charge >= 0.3 is 5.63 Å². The van der Waals surface area contributed by atoms with Crippen molar-refractivity contribution in [3.63, 3.8) is 0 Å². The predicted octanol–water partition coefficient (Wildman–Crippen LogP) is 2.14. The van der Waals surface area contributed by atoms with Crippen LogP contribution in [-0.2, 0) is 6.42 Å². The van der Waals surface area contributed by atoms with E-state index in [1.165, 1.54) is 13.0 Å². The largest absolute Gasteiger partial charge is 0.507 e. The minimum Gasteiger partial charge on any atom is -0.507 e. The van der Waals surface area contributed by atoms with Crippen LogP contribution in [0, 0.1) is 6.92 Å². The Hall–Kier alpha value is -1.29. The van der Waals surface area contributed by atoms with Gasteiger partial charge in [0.25, 0.3) is 0 Å². The van der Waals surface area contributed by atoms with Crippen LogP contribution in [0.3, 0.4) is 0 Å². The average Bonchev–Trinajstić information content (AvgIpc) is 2.26. The molecule has 96 valence electrons. The van der Waals surface area contributed by atoms with Gasteiger partial charge in [0.2, 0.25) is 0 Å². The van der Waals surface area contributed by atoms with Crippen LogP contribution in [0.2, 0.25) is 0 Å². The van der Waals surface area contributed by atoms with Gasteiger partial charge in [-0.3, -0.25) is 0 Å². The fourth-order valence-corrected chi connectivity index (χ4v) is 1.66. The Morgan fingerprint density at radius 1 is 1.41 bits per heavy atom. The van der Waals surface area contributed by atoms with Crippen LogP contribution < -0.4 is 5.63 Å². The molecular weight excluding hydrogens is 220 g/mol. The van der Waals surface area contributed by atoms with Crippen LogP contribution in [0.4, 0.5) is 0 Å². The zero-order valence-corrected chi connectivity index (χ0v) is 10.4. The van der Waals surface area contributed by atoms with Gasteiger partial charge < -0.3 is 14.6 Å². The molecule has 0 amide bonds. The molecule has 0 bridgehead atoms. The smallest absolute Gasteiger partial charge is 0.342 e. The summed E-state index contributed by atoms with van der Waals surface area (Å²) in [5.74, 6) is 0.263. The third-order valence-electron chi connectivity index (χ3n) is 2.79. The topological polar surface area (TPSA) is 70.7 Å². The van der Waals surface area contributed by atoms with Gasteiger partial charge in [0.15, 0.2) is 0 Å². The first-order chi connectivity index (χ1) is 8.04. The summed E-state index contributed by atoms with van der Waals surface area (Å²) in [7, 11) is 0. The zero-order valence-electron chi connectivity index (χ0n) is 10.4. The van der Waals surface area contributed by atoms with Gasteiger partial charge in [-0.25, -0.2) is 4.79 Å². The monoisotopic (exact) mass is 240 g/mol. The van der Waals surface area contributed by atoms with Gasteiger partial charge in [0.1, 0.15) is 11.5 Å². The fourth-order valence-electron chi connectivity index (χ4n) is 1.66. The number of hydrogen-bond donors (Lipinski definition) is 2. The van der Waals surface area contributed by atoms with Crippen molar-refractivity contribution in [3.8, 4) is 5.75 Å². The summed E-state index contributed by atoms with van der Waals surface area (Å²) >= 11 is 0. The lowest BCUT2D eigenvalue weighted by Gasteiger charge is -2.09. The summed E-state index contributed by atoms with van der Waals surface area (Å²) in [6.07, 6.45) is 3.58. The fraction of sp³-hybridized carbons (Fsp3) is 0.615. The number of unbranched alkanes of at least 4 members (excludes halogenated alkanes) is 2. The van der Waals surface area contributed by atoms with Crippen molar-refractivity contribution < 1.29 is 14.6 Å². The van der Waals surface area contributed by atoms with E-state index in [2.05, 4.69) is 6.92 Å². The van der Waals surface area contributed by atoms with Crippen molar-refractivity contribution in [2.75, 3.05) is 0 Å². The number of aromatic hydroxyl groups is 1. The number of rotatable bonds is 6. The molecule has 0 aliphatic heterocycles. The van der Waals surface area contributed by atoms with E-state index in [0.717, 1.165) is 19.3 Å². The zero-order chi connectivity index (χ0) is 12.8. The predicted molar refractivity (Wildman–Crippen MR) is 65.2 cm³/mol. The third kappa shape index (κ3) is 4.23. The minimum absolute atomic E-state index is 0.0722. The molecule has 0 saturated carbocycles. The number of aliphatic hydroxyl groups excluding tert-OH is 1. The maximum atomic E-state index is 11.3. The van der Waals surface area contributed by atoms with E-state index in [9.17, 15) is 15.0 Å². The molecule has 4 nitrogen and oxygen atoms in total. The van der Waals surface area contributed by atoms with Gasteiger partial charge in [-0.05, 0) is 13.3 Å². The number of aliphatic hydroxyl groups is 1. The highest BCUT2D eigenvalue weighted by atomic mass is 16.4. The molecule has 1 aromatic heterocycles. The first-order valence-electron chi connectivity index (χ1n) is 6.05. The van der Waals surface area contributed by atoms with Crippen molar-refractivity contribution in [2.45, 2.75) is 52.1 Å². The van der Waals surface area contributed by atoms with Crippen molar-refractivity contribution in [1.29, 1.82) is 0 Å². The molecule has 1 aromatic rings. The second-order valence-electron chi connectivity index (χ2n) is 4.36. The van der Waals surface area contributed by atoms with Crippen LogP contribution in [0.25, 0.3) is 0 Å². The molecule has 0 aliphatic rings. The summed E-state index contributed by atoms with van der Waals surface area (Å²) in [4.78, 5) is 11.3. The van der Waals surface area contributed by atoms with E-state index < -0.39 is 11.7 Å². The third-order valence-corrected chi connectivity index (χ3v) is 2.79. The molecule has 1 atom stereocenters. The molecular formula is C13H20O4. The second-order valence-corrected chi connectivity index (χ2v) is 4.36. The summed E-state index contributed by atoms with van der Waals surface area (Å²) < 4.78 is 4.99. The summed E-state index contributed by atoms with van der Waals surface area (Å²) in [6.45, 7) is 3.60.